The van der Waals surface area contributed by atoms with E-state index in [1.807, 2.05) is 0 Å². The van der Waals surface area contributed by atoms with Crippen LogP contribution >= 0.6 is 0 Å². The van der Waals surface area contributed by atoms with E-state index in [4.69, 9.17) is 10.5 Å². The van der Waals surface area contributed by atoms with Crippen molar-refractivity contribution in [1.29, 1.82) is 0 Å². The van der Waals surface area contributed by atoms with Crippen molar-refractivity contribution in [2.24, 2.45) is 5.73 Å². The molecule has 0 fully saturated rings. The number of carbonyl (C=O) groups is 2. The number of amides is 2. The molecule has 0 saturated heterocycles. The second-order valence-corrected chi connectivity index (χ2v) is 4.00. The maximum absolute atomic E-state index is 11.7. The Labute approximate surface area is 112 Å². The zero-order chi connectivity index (χ0) is 14.3. The molecule has 0 aliphatic heterocycles. The summed E-state index contributed by atoms with van der Waals surface area (Å²) >= 11 is 0. The van der Waals surface area contributed by atoms with Crippen molar-refractivity contribution < 1.29 is 14.3 Å². The largest absolute Gasteiger partial charge is 0.380 e. The smallest absolute Gasteiger partial charge is 0.251 e. The first-order valence-corrected chi connectivity index (χ1v) is 5.95. The Morgan fingerprint density at radius 1 is 1.32 bits per heavy atom. The molecule has 2 amide bonds. The van der Waals surface area contributed by atoms with Crippen LogP contribution in [0.3, 0.4) is 0 Å². The van der Waals surface area contributed by atoms with Crippen LogP contribution in [0.1, 0.15) is 16.8 Å². The molecular formula is C13H19N3O3. The third kappa shape index (κ3) is 4.69. The van der Waals surface area contributed by atoms with Gasteiger partial charge in [-0.05, 0) is 24.3 Å². The molecule has 1 unspecified atom stereocenters. The van der Waals surface area contributed by atoms with Crippen LogP contribution in [0.25, 0.3) is 0 Å². The lowest BCUT2D eigenvalue weighted by Crippen LogP contribution is -2.28. The average molecular weight is 265 g/mol. The summed E-state index contributed by atoms with van der Waals surface area (Å²) in [6.07, 6.45) is -0.0883. The minimum absolute atomic E-state index is 0.166. The molecule has 0 spiro atoms. The van der Waals surface area contributed by atoms with E-state index in [0.717, 1.165) is 0 Å². The summed E-state index contributed by atoms with van der Waals surface area (Å²) in [5.74, 6) is -0.342. The molecule has 1 aromatic carbocycles. The van der Waals surface area contributed by atoms with Gasteiger partial charge in [-0.15, -0.1) is 0 Å². The van der Waals surface area contributed by atoms with Crippen molar-refractivity contribution in [3.8, 4) is 0 Å². The van der Waals surface area contributed by atoms with E-state index in [2.05, 4.69) is 10.6 Å². The summed E-state index contributed by atoms with van der Waals surface area (Å²) in [7, 11) is 3.08. The zero-order valence-corrected chi connectivity index (χ0v) is 11.1. The Bertz CT molecular complexity index is 427. The highest BCUT2D eigenvalue weighted by molar-refractivity contribution is 5.95. The highest BCUT2D eigenvalue weighted by Crippen LogP contribution is 2.10. The number of rotatable bonds is 6. The van der Waals surface area contributed by atoms with Crippen LogP contribution in [0.2, 0.25) is 0 Å². The number of benzene rings is 1. The average Bonchev–Trinajstić information content (AvgIpc) is 2.44. The van der Waals surface area contributed by atoms with Crippen LogP contribution < -0.4 is 16.4 Å². The van der Waals surface area contributed by atoms with Crippen molar-refractivity contribution >= 4 is 17.5 Å². The van der Waals surface area contributed by atoms with Gasteiger partial charge < -0.3 is 21.1 Å². The number of anilines is 1. The van der Waals surface area contributed by atoms with Gasteiger partial charge in [0.25, 0.3) is 5.91 Å². The van der Waals surface area contributed by atoms with Crippen molar-refractivity contribution in [2.75, 3.05) is 26.0 Å². The second kappa shape index (κ2) is 7.50. The van der Waals surface area contributed by atoms with Crippen LogP contribution in [0.4, 0.5) is 5.69 Å². The lowest BCUT2D eigenvalue weighted by molar-refractivity contribution is -0.118. The predicted molar refractivity (Wildman–Crippen MR) is 72.9 cm³/mol. The number of nitrogens with two attached hydrogens (primary N) is 1. The molecule has 0 bridgehead atoms. The highest BCUT2D eigenvalue weighted by atomic mass is 16.5. The first kappa shape index (κ1) is 15.1. The molecular weight excluding hydrogens is 246 g/mol. The topological polar surface area (TPSA) is 93.5 Å². The van der Waals surface area contributed by atoms with E-state index in [1.165, 1.54) is 7.11 Å². The summed E-state index contributed by atoms with van der Waals surface area (Å²) in [4.78, 5) is 23.0. The second-order valence-electron chi connectivity index (χ2n) is 4.00. The van der Waals surface area contributed by atoms with Gasteiger partial charge in [0, 0.05) is 32.0 Å². The molecule has 0 aliphatic rings. The number of hydrogen-bond donors (Lipinski definition) is 3. The molecule has 6 heteroatoms. The van der Waals surface area contributed by atoms with E-state index in [1.54, 1.807) is 31.3 Å². The third-order valence-corrected chi connectivity index (χ3v) is 2.67. The fourth-order valence-corrected chi connectivity index (χ4v) is 1.53. The Hall–Kier alpha value is -1.92. The van der Waals surface area contributed by atoms with Crippen LogP contribution in [-0.4, -0.2) is 38.6 Å². The Kier molecular flexibility index (Phi) is 5.98. The molecule has 0 aliphatic carbocycles. The highest BCUT2D eigenvalue weighted by Gasteiger charge is 2.11. The van der Waals surface area contributed by atoms with Crippen LogP contribution in [0.5, 0.6) is 0 Å². The first-order valence-electron chi connectivity index (χ1n) is 5.95. The van der Waals surface area contributed by atoms with E-state index in [9.17, 15) is 9.59 Å². The Morgan fingerprint density at radius 3 is 2.42 bits per heavy atom. The SMILES string of the molecule is CNC(=O)c1ccc(NC(=O)CC(CN)OC)cc1. The zero-order valence-electron chi connectivity index (χ0n) is 11.1. The van der Waals surface area contributed by atoms with Crippen molar-refractivity contribution in [3.05, 3.63) is 29.8 Å². The summed E-state index contributed by atoms with van der Waals surface area (Å²) < 4.78 is 5.03. The van der Waals surface area contributed by atoms with Crippen LogP contribution in [-0.2, 0) is 9.53 Å². The molecule has 104 valence electrons. The molecule has 1 aromatic rings. The normalized spacial score (nSPS) is 11.7. The monoisotopic (exact) mass is 265 g/mol. The Balaban J connectivity index is 2.58. The van der Waals surface area contributed by atoms with Gasteiger partial charge in [-0.3, -0.25) is 9.59 Å². The molecule has 19 heavy (non-hydrogen) atoms. The standard InChI is InChI=1S/C13H19N3O3/c1-15-13(18)9-3-5-10(6-4-9)16-12(17)7-11(8-14)19-2/h3-6,11H,7-8,14H2,1-2H3,(H,15,18)(H,16,17). The maximum atomic E-state index is 11.7. The lowest BCUT2D eigenvalue weighted by Gasteiger charge is -2.12. The van der Waals surface area contributed by atoms with Gasteiger partial charge >= 0.3 is 0 Å². The molecule has 0 aromatic heterocycles. The Morgan fingerprint density at radius 2 is 1.95 bits per heavy atom. The summed E-state index contributed by atoms with van der Waals surface area (Å²) in [5.41, 5.74) is 6.61. The maximum Gasteiger partial charge on any atom is 0.251 e. The van der Waals surface area contributed by atoms with Crippen molar-refractivity contribution in [2.45, 2.75) is 12.5 Å². The lowest BCUT2D eigenvalue weighted by atomic mass is 10.2. The predicted octanol–water partition coefficient (Wildman–Crippen LogP) is 0.349. The number of ether oxygens (including phenoxy) is 1. The molecule has 1 atom stereocenters. The summed E-state index contributed by atoms with van der Waals surface area (Å²) in [5, 5.41) is 5.25. The minimum atomic E-state index is -0.287. The molecule has 0 saturated carbocycles. The minimum Gasteiger partial charge on any atom is -0.380 e. The summed E-state index contributed by atoms with van der Waals surface area (Å²) in [6.45, 7) is 0.291. The molecule has 6 nitrogen and oxygen atoms in total. The van der Waals surface area contributed by atoms with Gasteiger partial charge in [-0.25, -0.2) is 0 Å². The van der Waals surface area contributed by atoms with Crippen molar-refractivity contribution in [1.82, 2.24) is 5.32 Å². The first-order chi connectivity index (χ1) is 9.10. The van der Waals surface area contributed by atoms with Gasteiger partial charge in [0.15, 0.2) is 0 Å². The van der Waals surface area contributed by atoms with Gasteiger partial charge in [-0.2, -0.15) is 0 Å². The fourth-order valence-electron chi connectivity index (χ4n) is 1.53. The van der Waals surface area contributed by atoms with Gasteiger partial charge in [0.1, 0.15) is 0 Å². The number of hydrogen-bond acceptors (Lipinski definition) is 4. The number of methoxy groups -OCH3 is 1. The fraction of sp³-hybridized carbons (Fsp3) is 0.385. The summed E-state index contributed by atoms with van der Waals surface area (Å²) in [6, 6.07) is 6.63. The van der Waals surface area contributed by atoms with Gasteiger partial charge in [0.05, 0.1) is 12.5 Å². The third-order valence-electron chi connectivity index (χ3n) is 2.67. The van der Waals surface area contributed by atoms with Crippen LogP contribution in [0, 0.1) is 0 Å². The van der Waals surface area contributed by atoms with Gasteiger partial charge in [0.2, 0.25) is 5.91 Å². The quantitative estimate of drug-likeness (QED) is 0.692. The van der Waals surface area contributed by atoms with Crippen molar-refractivity contribution in [3.63, 3.8) is 0 Å². The molecule has 1 rings (SSSR count). The van der Waals surface area contributed by atoms with Crippen LogP contribution in [0.15, 0.2) is 24.3 Å². The van der Waals surface area contributed by atoms with E-state index in [-0.39, 0.29) is 24.3 Å². The number of nitrogens with one attached hydrogen (secondary N) is 2. The van der Waals surface area contributed by atoms with Gasteiger partial charge in [-0.1, -0.05) is 0 Å². The van der Waals surface area contributed by atoms with E-state index in [0.29, 0.717) is 17.8 Å². The number of carbonyl (C=O) groups excluding carboxylic acids is 2. The van der Waals surface area contributed by atoms with E-state index >= 15 is 0 Å². The molecule has 0 heterocycles. The van der Waals surface area contributed by atoms with E-state index < -0.39 is 0 Å². The molecule has 4 N–H and O–H groups in total. The molecule has 0 radical (unpaired) electrons.